The predicted molar refractivity (Wildman–Crippen MR) is 69.8 cm³/mol. The minimum Gasteiger partial charge on any atom is -0.508 e. The zero-order valence-corrected chi connectivity index (χ0v) is 10.5. The van der Waals surface area contributed by atoms with Gasteiger partial charge in [0.25, 0.3) is 0 Å². The number of aryl methyl sites for hydroxylation is 1. The zero-order valence-electron chi connectivity index (χ0n) is 9.70. The third-order valence-electron chi connectivity index (χ3n) is 2.66. The molecule has 0 heterocycles. The van der Waals surface area contributed by atoms with Crippen LogP contribution in [0.3, 0.4) is 0 Å². The van der Waals surface area contributed by atoms with Crippen LogP contribution in [0.2, 0.25) is 5.02 Å². The highest BCUT2D eigenvalue weighted by molar-refractivity contribution is 6.31. The highest BCUT2D eigenvalue weighted by Gasteiger charge is 2.08. The fourth-order valence-electron chi connectivity index (χ4n) is 1.70. The van der Waals surface area contributed by atoms with Crippen molar-refractivity contribution in [2.75, 3.05) is 7.11 Å². The summed E-state index contributed by atoms with van der Waals surface area (Å²) < 4.78 is 5.32. The van der Waals surface area contributed by atoms with Gasteiger partial charge in [-0.2, -0.15) is 0 Å². The first-order valence-corrected chi connectivity index (χ1v) is 5.63. The summed E-state index contributed by atoms with van der Waals surface area (Å²) >= 11 is 6.06. The summed E-state index contributed by atoms with van der Waals surface area (Å²) in [6, 6.07) is 10.8. The summed E-state index contributed by atoms with van der Waals surface area (Å²) in [4.78, 5) is 0. The number of benzene rings is 2. The maximum Gasteiger partial charge on any atom is 0.128 e. The van der Waals surface area contributed by atoms with Gasteiger partial charge in [0, 0.05) is 10.6 Å². The second-order valence-corrected chi connectivity index (χ2v) is 4.26. The van der Waals surface area contributed by atoms with Crippen molar-refractivity contribution in [2.24, 2.45) is 0 Å². The topological polar surface area (TPSA) is 29.5 Å². The molecular formula is C14H13ClO2. The summed E-state index contributed by atoms with van der Waals surface area (Å²) in [6.07, 6.45) is 0. The molecular weight excluding hydrogens is 236 g/mol. The van der Waals surface area contributed by atoms with Crippen molar-refractivity contribution >= 4 is 11.6 Å². The molecule has 0 radical (unpaired) electrons. The lowest BCUT2D eigenvalue weighted by Crippen LogP contribution is -1.89. The number of aromatic hydroxyl groups is 1. The molecule has 88 valence electrons. The number of methoxy groups -OCH3 is 1. The average molecular weight is 249 g/mol. The molecule has 1 N–H and O–H groups in total. The molecule has 2 aromatic rings. The highest BCUT2D eigenvalue weighted by Crippen LogP contribution is 2.35. The average Bonchev–Trinajstić information content (AvgIpc) is 2.33. The fraction of sp³-hybridized carbons (Fsp3) is 0.143. The second-order valence-electron chi connectivity index (χ2n) is 3.85. The van der Waals surface area contributed by atoms with Gasteiger partial charge in [0.1, 0.15) is 11.5 Å². The number of hydrogen-bond donors (Lipinski definition) is 1. The number of phenols is 1. The van der Waals surface area contributed by atoms with Gasteiger partial charge in [-0.15, -0.1) is 0 Å². The van der Waals surface area contributed by atoms with Gasteiger partial charge in [0.15, 0.2) is 0 Å². The monoisotopic (exact) mass is 248 g/mol. The summed E-state index contributed by atoms with van der Waals surface area (Å²) in [5.41, 5.74) is 2.95. The van der Waals surface area contributed by atoms with E-state index in [0.717, 1.165) is 22.4 Å². The molecule has 0 aliphatic rings. The molecule has 2 rings (SSSR count). The molecule has 0 saturated heterocycles. The van der Waals surface area contributed by atoms with E-state index in [1.165, 1.54) is 0 Å². The number of ether oxygens (including phenoxy) is 1. The normalized spacial score (nSPS) is 10.3. The van der Waals surface area contributed by atoms with Crippen LogP contribution in [0, 0.1) is 6.92 Å². The Hall–Kier alpha value is -1.67. The van der Waals surface area contributed by atoms with E-state index in [-0.39, 0.29) is 5.75 Å². The summed E-state index contributed by atoms with van der Waals surface area (Å²) in [5, 5.41) is 9.96. The van der Waals surface area contributed by atoms with Gasteiger partial charge in [-0.05, 0) is 42.3 Å². The lowest BCUT2D eigenvalue weighted by Gasteiger charge is -2.11. The molecule has 0 aliphatic carbocycles. The quantitative estimate of drug-likeness (QED) is 0.870. The molecule has 0 atom stereocenters. The second kappa shape index (κ2) is 4.68. The predicted octanol–water partition coefficient (Wildman–Crippen LogP) is 4.03. The number of phenolic OH excluding ortho intramolecular Hbond substituents is 1. The summed E-state index contributed by atoms with van der Waals surface area (Å²) in [7, 11) is 1.62. The largest absolute Gasteiger partial charge is 0.508 e. The number of halogens is 1. The Labute approximate surface area is 105 Å². The minimum absolute atomic E-state index is 0.249. The van der Waals surface area contributed by atoms with Gasteiger partial charge < -0.3 is 9.84 Å². The van der Waals surface area contributed by atoms with Gasteiger partial charge in [-0.25, -0.2) is 0 Å². The minimum atomic E-state index is 0.249. The Morgan fingerprint density at radius 2 is 1.76 bits per heavy atom. The van der Waals surface area contributed by atoms with Crippen LogP contribution < -0.4 is 4.74 Å². The molecule has 0 saturated carbocycles. The van der Waals surface area contributed by atoms with Crippen molar-refractivity contribution in [2.45, 2.75) is 6.92 Å². The van der Waals surface area contributed by atoms with Gasteiger partial charge in [0.2, 0.25) is 0 Å². The van der Waals surface area contributed by atoms with Crippen LogP contribution in [-0.4, -0.2) is 12.2 Å². The van der Waals surface area contributed by atoms with Gasteiger partial charge >= 0.3 is 0 Å². The standard InChI is InChI=1S/C14H13ClO2/c1-9-7-12(14(17-2)8-13(9)15)10-3-5-11(16)6-4-10/h3-8,16H,1-2H3. The third-order valence-corrected chi connectivity index (χ3v) is 3.07. The van der Waals surface area contributed by atoms with Crippen LogP contribution in [0.15, 0.2) is 36.4 Å². The Bertz CT molecular complexity index is 533. The Morgan fingerprint density at radius 1 is 1.12 bits per heavy atom. The first kappa shape index (κ1) is 11.8. The summed E-state index contributed by atoms with van der Waals surface area (Å²) in [6.45, 7) is 1.95. The van der Waals surface area contributed by atoms with Gasteiger partial charge in [-0.1, -0.05) is 23.7 Å². The van der Waals surface area contributed by atoms with Crippen LogP contribution in [0.5, 0.6) is 11.5 Å². The Kier molecular flexibility index (Phi) is 3.25. The van der Waals surface area contributed by atoms with Crippen molar-refractivity contribution in [1.82, 2.24) is 0 Å². The summed E-state index contributed by atoms with van der Waals surface area (Å²) in [5.74, 6) is 0.977. The lowest BCUT2D eigenvalue weighted by atomic mass is 10.0. The van der Waals surface area contributed by atoms with E-state index in [9.17, 15) is 5.11 Å². The first-order valence-electron chi connectivity index (χ1n) is 5.25. The van der Waals surface area contributed by atoms with E-state index in [2.05, 4.69) is 0 Å². The van der Waals surface area contributed by atoms with Crippen LogP contribution in [0.25, 0.3) is 11.1 Å². The van der Waals surface area contributed by atoms with E-state index in [1.807, 2.05) is 25.1 Å². The van der Waals surface area contributed by atoms with E-state index in [4.69, 9.17) is 16.3 Å². The number of rotatable bonds is 2. The molecule has 0 amide bonds. The fourth-order valence-corrected chi connectivity index (χ4v) is 1.85. The van der Waals surface area contributed by atoms with Crippen molar-refractivity contribution in [3.8, 4) is 22.6 Å². The zero-order chi connectivity index (χ0) is 12.4. The van der Waals surface area contributed by atoms with Gasteiger partial charge in [-0.3, -0.25) is 0 Å². The SMILES string of the molecule is COc1cc(Cl)c(C)cc1-c1ccc(O)cc1. The van der Waals surface area contributed by atoms with Gasteiger partial charge in [0.05, 0.1) is 7.11 Å². The molecule has 2 nitrogen and oxygen atoms in total. The maximum absolute atomic E-state index is 9.28. The van der Waals surface area contributed by atoms with Crippen molar-refractivity contribution in [1.29, 1.82) is 0 Å². The molecule has 17 heavy (non-hydrogen) atoms. The van der Waals surface area contributed by atoms with Crippen molar-refractivity contribution < 1.29 is 9.84 Å². The Balaban J connectivity index is 2.57. The first-order chi connectivity index (χ1) is 8.11. The third kappa shape index (κ3) is 2.37. The van der Waals surface area contributed by atoms with Crippen LogP contribution >= 0.6 is 11.6 Å². The van der Waals surface area contributed by atoms with E-state index in [1.54, 1.807) is 25.3 Å². The molecule has 3 heteroatoms. The number of hydrogen-bond acceptors (Lipinski definition) is 2. The van der Waals surface area contributed by atoms with Crippen LogP contribution in [0.1, 0.15) is 5.56 Å². The molecule has 0 unspecified atom stereocenters. The van der Waals surface area contributed by atoms with E-state index < -0.39 is 0 Å². The maximum atomic E-state index is 9.28. The molecule has 0 aromatic heterocycles. The van der Waals surface area contributed by atoms with E-state index >= 15 is 0 Å². The Morgan fingerprint density at radius 3 is 2.35 bits per heavy atom. The molecule has 0 fully saturated rings. The van der Waals surface area contributed by atoms with E-state index in [0.29, 0.717) is 5.02 Å². The molecule has 0 aliphatic heterocycles. The van der Waals surface area contributed by atoms with Crippen LogP contribution in [-0.2, 0) is 0 Å². The smallest absolute Gasteiger partial charge is 0.128 e. The molecule has 0 bridgehead atoms. The van der Waals surface area contributed by atoms with Crippen molar-refractivity contribution in [3.05, 3.63) is 47.0 Å². The highest BCUT2D eigenvalue weighted by atomic mass is 35.5. The molecule has 2 aromatic carbocycles. The molecule has 0 spiro atoms. The van der Waals surface area contributed by atoms with Crippen LogP contribution in [0.4, 0.5) is 0 Å². The van der Waals surface area contributed by atoms with Crippen molar-refractivity contribution in [3.63, 3.8) is 0 Å². The lowest BCUT2D eigenvalue weighted by molar-refractivity contribution is 0.416.